The Kier molecular flexibility index (Phi) is 5.71. The second-order valence-corrected chi connectivity index (χ2v) is 5.69. The van der Waals surface area contributed by atoms with Crippen molar-refractivity contribution in [3.05, 3.63) is 29.3 Å². The van der Waals surface area contributed by atoms with Crippen LogP contribution < -0.4 is 10.1 Å². The minimum Gasteiger partial charge on any atom is -0.493 e. The molecule has 0 bridgehead atoms. The monoisotopic (exact) mass is 261 g/mol. The van der Waals surface area contributed by atoms with Gasteiger partial charge in [0.25, 0.3) is 0 Å². The first-order valence-corrected chi connectivity index (χ1v) is 7.70. The van der Waals surface area contributed by atoms with E-state index in [4.69, 9.17) is 4.74 Å². The van der Waals surface area contributed by atoms with E-state index in [0.29, 0.717) is 0 Å². The first-order valence-electron chi connectivity index (χ1n) is 7.70. The highest BCUT2D eigenvalue weighted by Crippen LogP contribution is 2.21. The molecule has 0 amide bonds. The smallest absolute Gasteiger partial charge is 0.122 e. The van der Waals surface area contributed by atoms with Gasteiger partial charge in [0.05, 0.1) is 6.61 Å². The summed E-state index contributed by atoms with van der Waals surface area (Å²) in [6.07, 6.45) is 7.84. The summed E-state index contributed by atoms with van der Waals surface area (Å²) in [6, 6.07) is 7.13. The van der Waals surface area contributed by atoms with Gasteiger partial charge in [-0.15, -0.1) is 0 Å². The average Bonchev–Trinajstić information content (AvgIpc) is 3.21. The van der Waals surface area contributed by atoms with Gasteiger partial charge in [-0.2, -0.15) is 0 Å². The fourth-order valence-electron chi connectivity index (χ4n) is 2.24. The van der Waals surface area contributed by atoms with Gasteiger partial charge in [-0.05, 0) is 63.3 Å². The van der Waals surface area contributed by atoms with Gasteiger partial charge >= 0.3 is 0 Å². The standard InChI is InChI=1S/C17H27NO/c1-14-8-7-9-17(15(14)2)19-13-6-4-3-5-12-18-16-10-11-16/h7-9,16,18H,3-6,10-13H2,1-2H3. The van der Waals surface area contributed by atoms with Crippen LogP contribution in [-0.4, -0.2) is 19.2 Å². The molecule has 1 aliphatic carbocycles. The van der Waals surface area contributed by atoms with Crippen molar-refractivity contribution in [2.75, 3.05) is 13.2 Å². The molecule has 1 N–H and O–H groups in total. The van der Waals surface area contributed by atoms with Crippen LogP contribution in [0.1, 0.15) is 49.7 Å². The summed E-state index contributed by atoms with van der Waals surface area (Å²) in [5, 5.41) is 3.56. The molecular weight excluding hydrogens is 234 g/mol. The van der Waals surface area contributed by atoms with Crippen LogP contribution in [0.4, 0.5) is 0 Å². The van der Waals surface area contributed by atoms with E-state index >= 15 is 0 Å². The molecule has 1 fully saturated rings. The predicted octanol–water partition coefficient (Wildman–Crippen LogP) is 3.99. The lowest BCUT2D eigenvalue weighted by molar-refractivity contribution is 0.302. The highest BCUT2D eigenvalue weighted by molar-refractivity contribution is 5.38. The molecule has 106 valence electrons. The highest BCUT2D eigenvalue weighted by Gasteiger charge is 2.19. The molecule has 2 heteroatoms. The van der Waals surface area contributed by atoms with Gasteiger partial charge in [0.1, 0.15) is 5.75 Å². The second-order valence-electron chi connectivity index (χ2n) is 5.69. The van der Waals surface area contributed by atoms with Crippen LogP contribution in [0, 0.1) is 13.8 Å². The lowest BCUT2D eigenvalue weighted by atomic mass is 10.1. The molecule has 0 atom stereocenters. The van der Waals surface area contributed by atoms with E-state index in [1.165, 1.54) is 49.8 Å². The molecule has 0 spiro atoms. The number of aryl methyl sites for hydroxylation is 1. The Morgan fingerprint density at radius 1 is 1.11 bits per heavy atom. The zero-order chi connectivity index (χ0) is 13.5. The van der Waals surface area contributed by atoms with E-state index in [1.807, 2.05) is 0 Å². The molecule has 19 heavy (non-hydrogen) atoms. The molecule has 0 aromatic heterocycles. The molecule has 1 aliphatic rings. The lowest BCUT2D eigenvalue weighted by Gasteiger charge is -2.10. The first kappa shape index (κ1) is 14.4. The summed E-state index contributed by atoms with van der Waals surface area (Å²) in [6.45, 7) is 6.31. The molecule has 2 rings (SSSR count). The second kappa shape index (κ2) is 7.54. The van der Waals surface area contributed by atoms with E-state index in [9.17, 15) is 0 Å². The quantitative estimate of drug-likeness (QED) is 0.679. The highest BCUT2D eigenvalue weighted by atomic mass is 16.5. The summed E-state index contributed by atoms with van der Waals surface area (Å²) >= 11 is 0. The first-order chi connectivity index (χ1) is 9.27. The number of hydrogen-bond donors (Lipinski definition) is 1. The molecule has 0 radical (unpaired) electrons. The van der Waals surface area contributed by atoms with Crippen molar-refractivity contribution in [3.63, 3.8) is 0 Å². The number of nitrogens with one attached hydrogen (secondary N) is 1. The Morgan fingerprint density at radius 2 is 1.89 bits per heavy atom. The Labute approximate surface area is 117 Å². The normalized spacial score (nSPS) is 14.6. The van der Waals surface area contributed by atoms with Gasteiger partial charge in [0.2, 0.25) is 0 Å². The maximum atomic E-state index is 5.86. The summed E-state index contributed by atoms with van der Waals surface area (Å²) in [5.74, 6) is 1.05. The van der Waals surface area contributed by atoms with Crippen LogP contribution in [-0.2, 0) is 0 Å². The molecule has 0 saturated heterocycles. The third-order valence-electron chi connectivity index (χ3n) is 3.89. The predicted molar refractivity (Wildman–Crippen MR) is 80.9 cm³/mol. The molecule has 0 unspecified atom stereocenters. The molecular formula is C17H27NO. The van der Waals surface area contributed by atoms with Crippen LogP contribution in [0.5, 0.6) is 5.75 Å². The summed E-state index contributed by atoms with van der Waals surface area (Å²) in [4.78, 5) is 0. The van der Waals surface area contributed by atoms with Crippen LogP contribution >= 0.6 is 0 Å². The fourth-order valence-corrected chi connectivity index (χ4v) is 2.24. The zero-order valence-corrected chi connectivity index (χ0v) is 12.4. The topological polar surface area (TPSA) is 21.3 Å². The summed E-state index contributed by atoms with van der Waals surface area (Å²) < 4.78 is 5.86. The fraction of sp³-hybridized carbons (Fsp3) is 0.647. The Balaban J connectivity index is 1.50. The SMILES string of the molecule is Cc1cccc(OCCCCCCNC2CC2)c1C. The van der Waals surface area contributed by atoms with Crippen molar-refractivity contribution >= 4 is 0 Å². The van der Waals surface area contributed by atoms with Gasteiger partial charge in [-0.1, -0.05) is 25.0 Å². The van der Waals surface area contributed by atoms with E-state index in [1.54, 1.807) is 0 Å². The largest absolute Gasteiger partial charge is 0.493 e. The van der Waals surface area contributed by atoms with Crippen LogP contribution in [0.2, 0.25) is 0 Å². The molecule has 0 heterocycles. The van der Waals surface area contributed by atoms with Gasteiger partial charge in [-0.25, -0.2) is 0 Å². The van der Waals surface area contributed by atoms with E-state index in [2.05, 4.69) is 37.4 Å². The molecule has 2 nitrogen and oxygen atoms in total. The van der Waals surface area contributed by atoms with Crippen molar-refractivity contribution in [2.24, 2.45) is 0 Å². The van der Waals surface area contributed by atoms with Crippen molar-refractivity contribution in [2.45, 2.75) is 58.4 Å². The van der Waals surface area contributed by atoms with Crippen LogP contribution in [0.25, 0.3) is 0 Å². The Bertz CT molecular complexity index is 385. The molecule has 0 aliphatic heterocycles. The number of ether oxygens (including phenoxy) is 1. The van der Waals surface area contributed by atoms with Crippen molar-refractivity contribution in [1.82, 2.24) is 5.32 Å². The number of benzene rings is 1. The minimum absolute atomic E-state index is 0.848. The summed E-state index contributed by atoms with van der Waals surface area (Å²) in [5.41, 5.74) is 2.58. The third kappa shape index (κ3) is 5.23. The van der Waals surface area contributed by atoms with E-state index in [0.717, 1.165) is 24.8 Å². The van der Waals surface area contributed by atoms with Gasteiger partial charge < -0.3 is 10.1 Å². The maximum Gasteiger partial charge on any atom is 0.122 e. The van der Waals surface area contributed by atoms with E-state index in [-0.39, 0.29) is 0 Å². The van der Waals surface area contributed by atoms with Gasteiger partial charge in [0, 0.05) is 6.04 Å². The summed E-state index contributed by atoms with van der Waals surface area (Å²) in [7, 11) is 0. The molecule has 1 saturated carbocycles. The third-order valence-corrected chi connectivity index (χ3v) is 3.89. The number of unbranched alkanes of at least 4 members (excludes halogenated alkanes) is 3. The van der Waals surface area contributed by atoms with Crippen molar-refractivity contribution < 1.29 is 4.74 Å². The Hall–Kier alpha value is -1.02. The zero-order valence-electron chi connectivity index (χ0n) is 12.4. The van der Waals surface area contributed by atoms with Gasteiger partial charge in [0.15, 0.2) is 0 Å². The van der Waals surface area contributed by atoms with E-state index < -0.39 is 0 Å². The molecule has 1 aromatic rings. The van der Waals surface area contributed by atoms with Crippen LogP contribution in [0.3, 0.4) is 0 Å². The van der Waals surface area contributed by atoms with Crippen LogP contribution in [0.15, 0.2) is 18.2 Å². The van der Waals surface area contributed by atoms with Crippen molar-refractivity contribution in [3.8, 4) is 5.75 Å². The van der Waals surface area contributed by atoms with Gasteiger partial charge in [-0.3, -0.25) is 0 Å². The number of rotatable bonds is 9. The number of hydrogen-bond acceptors (Lipinski definition) is 2. The van der Waals surface area contributed by atoms with Crippen molar-refractivity contribution in [1.29, 1.82) is 0 Å². The Morgan fingerprint density at radius 3 is 2.68 bits per heavy atom. The average molecular weight is 261 g/mol. The molecule has 1 aromatic carbocycles. The maximum absolute atomic E-state index is 5.86. The lowest BCUT2D eigenvalue weighted by Crippen LogP contribution is -2.17. The minimum atomic E-state index is 0.848.